The van der Waals surface area contributed by atoms with Gasteiger partial charge in [-0.3, -0.25) is 4.68 Å². The molecular formula is C23H32N4O2. The van der Waals surface area contributed by atoms with Crippen molar-refractivity contribution in [2.75, 3.05) is 26.8 Å². The molecule has 1 aromatic heterocycles. The molecule has 0 spiro atoms. The van der Waals surface area contributed by atoms with Gasteiger partial charge in [0.05, 0.1) is 12.2 Å². The van der Waals surface area contributed by atoms with Crippen LogP contribution in [-0.4, -0.2) is 47.5 Å². The Bertz CT molecular complexity index is 870. The average Bonchev–Trinajstić information content (AvgIpc) is 3.13. The topological polar surface area (TPSA) is 59.4 Å². The summed E-state index contributed by atoms with van der Waals surface area (Å²) in [6.07, 6.45) is 6.89. The summed E-state index contributed by atoms with van der Waals surface area (Å²) in [5.74, 6) is 0. The number of fused-ring (bicyclic) bond motifs is 1. The third kappa shape index (κ3) is 3.78. The minimum Gasteiger partial charge on any atom is -0.381 e. The Labute approximate surface area is 173 Å². The van der Waals surface area contributed by atoms with Gasteiger partial charge in [-0.15, -0.1) is 0 Å². The SMILES string of the molecule is Cc1ccccc1C1(CNC(=O)N(C)C2CCCc3c2cnn3C)CCOCC1. The number of nitrogens with zero attached hydrogens (tertiary/aromatic N) is 3. The van der Waals surface area contributed by atoms with E-state index in [0.717, 1.165) is 45.3 Å². The average molecular weight is 397 g/mol. The first-order valence-electron chi connectivity index (χ1n) is 10.7. The maximum atomic E-state index is 13.1. The molecule has 156 valence electrons. The Morgan fingerprint density at radius 3 is 2.86 bits per heavy atom. The molecule has 0 saturated carbocycles. The zero-order valence-corrected chi connectivity index (χ0v) is 17.8. The van der Waals surface area contributed by atoms with E-state index in [1.807, 2.05) is 29.9 Å². The number of nitrogens with one attached hydrogen (secondary N) is 1. The molecule has 1 aromatic carbocycles. The molecule has 1 fully saturated rings. The summed E-state index contributed by atoms with van der Waals surface area (Å²) in [5.41, 5.74) is 4.99. The summed E-state index contributed by atoms with van der Waals surface area (Å²) in [4.78, 5) is 15.0. The predicted molar refractivity (Wildman–Crippen MR) is 113 cm³/mol. The first-order valence-corrected chi connectivity index (χ1v) is 10.7. The number of rotatable bonds is 4. The standard InChI is InChI=1S/C23H32N4O2/c1-17-7-4-5-8-19(17)23(11-13-29-14-12-23)16-24-22(28)26(2)20-9-6-10-21-18(20)15-25-27(21)3/h4-5,7-8,15,20H,6,9-14,16H2,1-3H3,(H,24,28). The zero-order valence-electron chi connectivity index (χ0n) is 17.8. The molecular weight excluding hydrogens is 364 g/mol. The number of ether oxygens (including phenoxy) is 1. The lowest BCUT2D eigenvalue weighted by Gasteiger charge is -2.40. The number of aromatic nitrogens is 2. The lowest BCUT2D eigenvalue weighted by atomic mass is 9.72. The van der Waals surface area contributed by atoms with E-state index in [2.05, 4.69) is 41.6 Å². The van der Waals surface area contributed by atoms with Crippen molar-refractivity contribution in [1.29, 1.82) is 0 Å². The van der Waals surface area contributed by atoms with E-state index < -0.39 is 0 Å². The van der Waals surface area contributed by atoms with Crippen molar-refractivity contribution in [3.8, 4) is 0 Å². The molecule has 1 aliphatic heterocycles. The summed E-state index contributed by atoms with van der Waals surface area (Å²) in [7, 11) is 3.89. The second-order valence-corrected chi connectivity index (χ2v) is 8.56. The van der Waals surface area contributed by atoms with Crippen LogP contribution in [0.2, 0.25) is 0 Å². The van der Waals surface area contributed by atoms with E-state index in [1.54, 1.807) is 0 Å². The van der Waals surface area contributed by atoms with E-state index >= 15 is 0 Å². The third-order valence-corrected chi connectivity index (χ3v) is 6.88. The Morgan fingerprint density at radius 2 is 2.10 bits per heavy atom. The van der Waals surface area contributed by atoms with Crippen LogP contribution in [-0.2, 0) is 23.6 Å². The van der Waals surface area contributed by atoms with Crippen LogP contribution in [0.1, 0.15) is 54.1 Å². The zero-order chi connectivity index (χ0) is 20.4. The van der Waals surface area contributed by atoms with Crippen LogP contribution >= 0.6 is 0 Å². The quantitative estimate of drug-likeness (QED) is 0.861. The van der Waals surface area contributed by atoms with Crippen molar-refractivity contribution >= 4 is 6.03 Å². The molecule has 2 amide bonds. The van der Waals surface area contributed by atoms with Gasteiger partial charge in [-0.25, -0.2) is 4.79 Å². The first kappa shape index (κ1) is 20.0. The van der Waals surface area contributed by atoms with Crippen LogP contribution in [0, 0.1) is 6.92 Å². The van der Waals surface area contributed by atoms with Crippen molar-refractivity contribution in [3.05, 3.63) is 52.8 Å². The van der Waals surface area contributed by atoms with Gasteiger partial charge in [0.15, 0.2) is 0 Å². The molecule has 6 heteroatoms. The second kappa shape index (κ2) is 8.19. The number of hydrogen-bond acceptors (Lipinski definition) is 3. The van der Waals surface area contributed by atoms with Gasteiger partial charge in [-0.2, -0.15) is 5.10 Å². The summed E-state index contributed by atoms with van der Waals surface area (Å²) in [5, 5.41) is 7.67. The van der Waals surface area contributed by atoms with Crippen molar-refractivity contribution < 1.29 is 9.53 Å². The van der Waals surface area contributed by atoms with Crippen LogP contribution in [0.25, 0.3) is 0 Å². The number of carbonyl (C=O) groups excluding carboxylic acids is 1. The molecule has 2 heterocycles. The van der Waals surface area contributed by atoms with Gasteiger partial charge in [-0.1, -0.05) is 24.3 Å². The molecule has 1 aliphatic carbocycles. The van der Waals surface area contributed by atoms with Crippen LogP contribution in [0.5, 0.6) is 0 Å². The van der Waals surface area contributed by atoms with Gasteiger partial charge in [-0.05, 0) is 50.2 Å². The Kier molecular flexibility index (Phi) is 5.63. The molecule has 6 nitrogen and oxygen atoms in total. The van der Waals surface area contributed by atoms with Crippen molar-refractivity contribution in [3.63, 3.8) is 0 Å². The Morgan fingerprint density at radius 1 is 1.34 bits per heavy atom. The number of hydrogen-bond donors (Lipinski definition) is 1. The summed E-state index contributed by atoms with van der Waals surface area (Å²) in [6, 6.07) is 8.63. The van der Waals surface area contributed by atoms with E-state index in [0.29, 0.717) is 6.54 Å². The minimum absolute atomic E-state index is 0.00819. The van der Waals surface area contributed by atoms with Gasteiger partial charge in [0.25, 0.3) is 0 Å². The van der Waals surface area contributed by atoms with Gasteiger partial charge in [0.2, 0.25) is 0 Å². The van der Waals surface area contributed by atoms with Gasteiger partial charge in [0.1, 0.15) is 0 Å². The normalized spacial score (nSPS) is 20.7. The largest absolute Gasteiger partial charge is 0.381 e. The molecule has 1 unspecified atom stereocenters. The number of amides is 2. The van der Waals surface area contributed by atoms with E-state index in [-0.39, 0.29) is 17.5 Å². The number of urea groups is 1. The Balaban J connectivity index is 1.50. The third-order valence-electron chi connectivity index (χ3n) is 6.88. The molecule has 2 aromatic rings. The minimum atomic E-state index is -0.0634. The van der Waals surface area contributed by atoms with Crippen LogP contribution in [0.15, 0.2) is 30.5 Å². The maximum Gasteiger partial charge on any atom is 0.317 e. The molecule has 1 saturated heterocycles. The monoisotopic (exact) mass is 396 g/mol. The van der Waals surface area contributed by atoms with Crippen LogP contribution in [0.4, 0.5) is 4.79 Å². The molecule has 2 aliphatic rings. The van der Waals surface area contributed by atoms with Gasteiger partial charge in [0, 0.05) is 50.5 Å². The highest BCUT2D eigenvalue weighted by Crippen LogP contribution is 2.37. The van der Waals surface area contributed by atoms with Gasteiger partial charge < -0.3 is 15.0 Å². The Hall–Kier alpha value is -2.34. The summed E-state index contributed by atoms with van der Waals surface area (Å²) < 4.78 is 7.59. The lowest BCUT2D eigenvalue weighted by molar-refractivity contribution is 0.0498. The fourth-order valence-corrected chi connectivity index (χ4v) is 5.07. The summed E-state index contributed by atoms with van der Waals surface area (Å²) in [6.45, 7) is 4.27. The predicted octanol–water partition coefficient (Wildman–Crippen LogP) is 3.50. The molecule has 1 atom stereocenters. The maximum absolute atomic E-state index is 13.1. The van der Waals surface area contributed by atoms with E-state index in [1.165, 1.54) is 22.4 Å². The molecule has 0 radical (unpaired) electrons. The highest BCUT2D eigenvalue weighted by Gasteiger charge is 2.37. The number of benzene rings is 1. The summed E-state index contributed by atoms with van der Waals surface area (Å²) >= 11 is 0. The van der Waals surface area contributed by atoms with Crippen LogP contribution < -0.4 is 5.32 Å². The first-order chi connectivity index (χ1) is 14.0. The lowest BCUT2D eigenvalue weighted by Crippen LogP contribution is -2.49. The molecule has 0 bridgehead atoms. The van der Waals surface area contributed by atoms with E-state index in [9.17, 15) is 4.79 Å². The smallest absolute Gasteiger partial charge is 0.317 e. The molecule has 1 N–H and O–H groups in total. The fraction of sp³-hybridized carbons (Fsp3) is 0.565. The highest BCUT2D eigenvalue weighted by atomic mass is 16.5. The van der Waals surface area contributed by atoms with Gasteiger partial charge >= 0.3 is 6.03 Å². The van der Waals surface area contributed by atoms with Crippen LogP contribution in [0.3, 0.4) is 0 Å². The van der Waals surface area contributed by atoms with E-state index in [4.69, 9.17) is 4.74 Å². The highest BCUT2D eigenvalue weighted by molar-refractivity contribution is 5.74. The molecule has 29 heavy (non-hydrogen) atoms. The van der Waals surface area contributed by atoms with Crippen molar-refractivity contribution in [1.82, 2.24) is 20.0 Å². The van der Waals surface area contributed by atoms with Crippen molar-refractivity contribution in [2.45, 2.75) is 50.5 Å². The second-order valence-electron chi connectivity index (χ2n) is 8.56. The fourth-order valence-electron chi connectivity index (χ4n) is 5.07. The number of carbonyl (C=O) groups is 1. The van der Waals surface area contributed by atoms with Crippen molar-refractivity contribution in [2.24, 2.45) is 7.05 Å². The number of aryl methyl sites for hydroxylation is 2. The molecule has 4 rings (SSSR count).